The van der Waals surface area contributed by atoms with Gasteiger partial charge in [0.1, 0.15) is 6.04 Å². The predicted octanol–water partition coefficient (Wildman–Crippen LogP) is 2.99. The second-order valence-electron chi connectivity index (χ2n) is 6.39. The Morgan fingerprint density at radius 3 is 2.32 bits per heavy atom. The normalized spacial score (nSPS) is 14.8. The average molecular weight is 351 g/mol. The number of carbonyl (C=O) groups excluding carboxylic acids is 2. The molecule has 0 aliphatic rings. The van der Waals surface area contributed by atoms with Gasteiger partial charge < -0.3 is 15.4 Å². The predicted molar refractivity (Wildman–Crippen MR) is 103 cm³/mol. The minimum atomic E-state index is -0.543. The first-order valence-corrected chi connectivity index (χ1v) is 8.89. The lowest BCUT2D eigenvalue weighted by atomic mass is 9.96. The van der Waals surface area contributed by atoms with Crippen LogP contribution < -0.4 is 10.6 Å². The highest BCUT2D eigenvalue weighted by Gasteiger charge is 2.29. The molecule has 0 rings (SSSR count). The molecule has 0 aliphatic carbocycles. The number of allylic oxidation sites excluding steroid dienone is 4. The van der Waals surface area contributed by atoms with Crippen LogP contribution in [-0.2, 0) is 14.3 Å². The van der Waals surface area contributed by atoms with E-state index in [9.17, 15) is 9.59 Å². The summed E-state index contributed by atoms with van der Waals surface area (Å²) in [7, 11) is 1.57. The molecule has 3 atom stereocenters. The van der Waals surface area contributed by atoms with Gasteiger partial charge in [-0.3, -0.25) is 9.59 Å². The molecule has 0 fully saturated rings. The number of likely N-dealkylation sites (N-methyl/N-ethyl adjacent to an activating group) is 1. The van der Waals surface area contributed by atoms with Crippen LogP contribution in [0.15, 0.2) is 37.0 Å². The van der Waals surface area contributed by atoms with Crippen molar-refractivity contribution in [1.82, 2.24) is 10.6 Å². The van der Waals surface area contributed by atoms with Crippen molar-refractivity contribution in [1.29, 1.82) is 0 Å². The molecule has 0 bridgehead atoms. The summed E-state index contributed by atoms with van der Waals surface area (Å²) in [4.78, 5) is 24.5. The van der Waals surface area contributed by atoms with Crippen LogP contribution in [0.3, 0.4) is 0 Å². The minimum absolute atomic E-state index is 0.00879. The summed E-state index contributed by atoms with van der Waals surface area (Å²) in [5.74, 6) is -0.689. The van der Waals surface area contributed by atoms with Crippen molar-refractivity contribution in [2.24, 2.45) is 11.8 Å². The summed E-state index contributed by atoms with van der Waals surface area (Å²) in [5.41, 5.74) is 0.851. The first-order chi connectivity index (χ1) is 11.8. The zero-order valence-corrected chi connectivity index (χ0v) is 16.3. The molecule has 5 nitrogen and oxygen atoms in total. The van der Waals surface area contributed by atoms with Gasteiger partial charge in [-0.25, -0.2) is 0 Å². The third-order valence-electron chi connectivity index (χ3n) is 4.06. The Hall–Kier alpha value is -1.88. The van der Waals surface area contributed by atoms with E-state index in [-0.39, 0.29) is 29.8 Å². The maximum absolute atomic E-state index is 12.6. The molecule has 2 amide bonds. The van der Waals surface area contributed by atoms with E-state index in [0.29, 0.717) is 6.61 Å². The van der Waals surface area contributed by atoms with Crippen molar-refractivity contribution in [3.63, 3.8) is 0 Å². The van der Waals surface area contributed by atoms with Crippen molar-refractivity contribution >= 4 is 11.8 Å². The molecule has 2 N–H and O–H groups in total. The standard InChI is InChI=1S/C20H34N2O3/c1-8-15(5)12-10-11-13-17(25-9-2)16(6)19(23)22-18(14(3)4)20(24)21-7/h8,10,12,14,16-18H,1,5,9,11,13H2,2-4,6-7H3,(H,21,24)(H,22,23). The fraction of sp³-hybridized carbons (Fsp3) is 0.600. The molecule has 0 saturated carbocycles. The molecule has 3 unspecified atom stereocenters. The topological polar surface area (TPSA) is 67.4 Å². The molecule has 0 aromatic heterocycles. The second kappa shape index (κ2) is 12.5. The molecule has 0 saturated heterocycles. The van der Waals surface area contributed by atoms with Gasteiger partial charge in [-0.15, -0.1) is 0 Å². The van der Waals surface area contributed by atoms with Crippen LogP contribution in [0.5, 0.6) is 0 Å². The van der Waals surface area contributed by atoms with Crippen molar-refractivity contribution in [2.45, 2.75) is 52.7 Å². The molecular weight excluding hydrogens is 316 g/mol. The third-order valence-corrected chi connectivity index (χ3v) is 4.06. The van der Waals surface area contributed by atoms with Gasteiger partial charge in [0.05, 0.1) is 12.0 Å². The molecule has 25 heavy (non-hydrogen) atoms. The molecular formula is C20H34N2O3. The van der Waals surface area contributed by atoms with E-state index < -0.39 is 6.04 Å². The summed E-state index contributed by atoms with van der Waals surface area (Å²) in [5, 5.41) is 5.44. The monoisotopic (exact) mass is 350 g/mol. The lowest BCUT2D eigenvalue weighted by Gasteiger charge is -2.27. The number of hydrogen-bond donors (Lipinski definition) is 2. The van der Waals surface area contributed by atoms with Gasteiger partial charge in [0.15, 0.2) is 0 Å². The van der Waals surface area contributed by atoms with E-state index in [1.807, 2.05) is 39.8 Å². The first kappa shape index (κ1) is 23.1. The fourth-order valence-electron chi connectivity index (χ4n) is 2.40. The van der Waals surface area contributed by atoms with Crippen molar-refractivity contribution in [2.75, 3.05) is 13.7 Å². The minimum Gasteiger partial charge on any atom is -0.378 e. The highest BCUT2D eigenvalue weighted by Crippen LogP contribution is 2.16. The van der Waals surface area contributed by atoms with E-state index in [1.165, 1.54) is 0 Å². The molecule has 142 valence electrons. The van der Waals surface area contributed by atoms with Crippen LogP contribution in [0.2, 0.25) is 0 Å². The number of amides is 2. The molecule has 5 heteroatoms. The lowest BCUT2D eigenvalue weighted by molar-refractivity contribution is -0.135. The summed E-state index contributed by atoms with van der Waals surface area (Å²) in [6, 6.07) is -0.543. The summed E-state index contributed by atoms with van der Waals surface area (Å²) >= 11 is 0. The van der Waals surface area contributed by atoms with Crippen molar-refractivity contribution in [3.05, 3.63) is 37.0 Å². The Morgan fingerprint density at radius 1 is 1.20 bits per heavy atom. The number of hydrogen-bond acceptors (Lipinski definition) is 3. The Labute approximate surface area is 152 Å². The lowest BCUT2D eigenvalue weighted by Crippen LogP contribution is -2.51. The zero-order valence-electron chi connectivity index (χ0n) is 16.3. The Balaban J connectivity index is 4.83. The number of carbonyl (C=O) groups is 2. The van der Waals surface area contributed by atoms with Crippen LogP contribution in [0.4, 0.5) is 0 Å². The average Bonchev–Trinajstić information content (AvgIpc) is 2.60. The first-order valence-electron chi connectivity index (χ1n) is 8.89. The van der Waals surface area contributed by atoms with E-state index in [1.54, 1.807) is 13.1 Å². The van der Waals surface area contributed by atoms with Crippen molar-refractivity contribution < 1.29 is 14.3 Å². The highest BCUT2D eigenvalue weighted by molar-refractivity contribution is 5.88. The number of ether oxygens (including phenoxy) is 1. The van der Waals surface area contributed by atoms with Crippen LogP contribution in [0.25, 0.3) is 0 Å². The van der Waals surface area contributed by atoms with Crippen LogP contribution in [-0.4, -0.2) is 37.6 Å². The Morgan fingerprint density at radius 2 is 1.84 bits per heavy atom. The Bertz CT molecular complexity index is 483. The molecule has 0 heterocycles. The largest absolute Gasteiger partial charge is 0.378 e. The molecule has 0 aromatic rings. The van der Waals surface area contributed by atoms with E-state index >= 15 is 0 Å². The second-order valence-corrected chi connectivity index (χ2v) is 6.39. The van der Waals surface area contributed by atoms with Crippen LogP contribution in [0, 0.1) is 11.8 Å². The highest BCUT2D eigenvalue weighted by atomic mass is 16.5. The SMILES string of the molecule is C=CC(=C)C=CCCC(OCC)C(C)C(=O)NC(C(=O)NC)C(C)C. The smallest absolute Gasteiger partial charge is 0.242 e. The maximum Gasteiger partial charge on any atom is 0.242 e. The fourth-order valence-corrected chi connectivity index (χ4v) is 2.40. The molecule has 0 aromatic carbocycles. The van der Waals surface area contributed by atoms with Crippen molar-refractivity contribution in [3.8, 4) is 0 Å². The van der Waals surface area contributed by atoms with E-state index in [2.05, 4.69) is 23.8 Å². The number of nitrogens with one attached hydrogen (secondary N) is 2. The van der Waals surface area contributed by atoms with Crippen LogP contribution >= 0.6 is 0 Å². The third kappa shape index (κ3) is 8.68. The molecule has 0 spiro atoms. The van der Waals surface area contributed by atoms with Gasteiger partial charge >= 0.3 is 0 Å². The number of rotatable bonds is 12. The van der Waals surface area contributed by atoms with Crippen LogP contribution in [0.1, 0.15) is 40.5 Å². The molecule has 0 radical (unpaired) electrons. The zero-order chi connectivity index (χ0) is 19.4. The van der Waals surface area contributed by atoms with Gasteiger partial charge in [0.25, 0.3) is 0 Å². The van der Waals surface area contributed by atoms with E-state index in [4.69, 9.17) is 4.74 Å². The Kier molecular flexibility index (Phi) is 11.5. The maximum atomic E-state index is 12.6. The summed E-state index contributed by atoms with van der Waals surface area (Å²) < 4.78 is 5.75. The van der Waals surface area contributed by atoms with Gasteiger partial charge in [0, 0.05) is 13.7 Å². The van der Waals surface area contributed by atoms with Gasteiger partial charge in [-0.2, -0.15) is 0 Å². The van der Waals surface area contributed by atoms with Gasteiger partial charge in [-0.05, 0) is 31.3 Å². The summed E-state index contributed by atoms with van der Waals surface area (Å²) in [6.45, 7) is 15.6. The quantitative estimate of drug-likeness (QED) is 0.532. The molecule has 0 aliphatic heterocycles. The van der Waals surface area contributed by atoms with Gasteiger partial charge in [-0.1, -0.05) is 52.2 Å². The van der Waals surface area contributed by atoms with Gasteiger partial charge in [0.2, 0.25) is 11.8 Å². The summed E-state index contributed by atoms with van der Waals surface area (Å²) in [6.07, 6.45) is 6.89. The van der Waals surface area contributed by atoms with E-state index in [0.717, 1.165) is 18.4 Å².